The van der Waals surface area contributed by atoms with Crippen LogP contribution in [0.5, 0.6) is 0 Å². The van der Waals surface area contributed by atoms with E-state index >= 15 is 0 Å². The average molecular weight is 478 g/mol. The highest BCUT2D eigenvalue weighted by molar-refractivity contribution is 14.1. The van der Waals surface area contributed by atoms with E-state index in [2.05, 4.69) is 0 Å². The van der Waals surface area contributed by atoms with Gasteiger partial charge in [-0.05, 0) is 25.7 Å². The highest BCUT2D eigenvalue weighted by Gasteiger charge is 2.71. The van der Waals surface area contributed by atoms with Gasteiger partial charge < -0.3 is 9.84 Å². The average Bonchev–Trinajstić information content (AvgIpc) is 2.34. The second kappa shape index (κ2) is 7.96. The molecule has 0 aliphatic rings. The molecule has 0 heterocycles. The smallest absolute Gasteiger partial charge is 0.426 e. The summed E-state index contributed by atoms with van der Waals surface area (Å²) in [7, 11) is 0. The zero-order valence-corrected chi connectivity index (χ0v) is 15.8. The molecule has 10 heteroatoms. The van der Waals surface area contributed by atoms with Crippen molar-refractivity contribution in [2.24, 2.45) is 5.92 Å². The third-order valence-electron chi connectivity index (χ3n) is 3.56. The molecule has 0 rings (SSSR count). The van der Waals surface area contributed by atoms with Crippen molar-refractivity contribution in [1.82, 2.24) is 0 Å². The zero-order chi connectivity index (χ0) is 19.6. The predicted molar refractivity (Wildman–Crippen MR) is 83.7 cm³/mol. The molecule has 0 aliphatic carbocycles. The van der Waals surface area contributed by atoms with Gasteiger partial charge >= 0.3 is 18.3 Å². The van der Waals surface area contributed by atoms with Crippen molar-refractivity contribution >= 4 is 28.6 Å². The molecule has 3 nitrogen and oxygen atoms in total. The van der Waals surface area contributed by atoms with Crippen molar-refractivity contribution < 1.29 is 41.0 Å². The minimum absolute atomic E-state index is 0.239. The van der Waals surface area contributed by atoms with Gasteiger partial charge in [0.1, 0.15) is 9.53 Å². The summed E-state index contributed by atoms with van der Waals surface area (Å²) in [5.74, 6) is -1.25. The largest absolute Gasteiger partial charge is 0.461 e. The van der Waals surface area contributed by atoms with Crippen LogP contribution in [-0.4, -0.2) is 38.6 Å². The molecule has 0 aromatic rings. The number of hydrogen-bond acceptors (Lipinski definition) is 3. The van der Waals surface area contributed by atoms with Crippen molar-refractivity contribution in [3.63, 3.8) is 0 Å². The van der Waals surface area contributed by atoms with Crippen LogP contribution in [0.4, 0.5) is 26.3 Å². The van der Waals surface area contributed by atoms with Crippen LogP contribution in [0.3, 0.4) is 0 Å². The molecule has 0 aromatic carbocycles. The summed E-state index contributed by atoms with van der Waals surface area (Å²) >= 11 is 1.72. The first kappa shape index (κ1) is 23.7. The Morgan fingerprint density at radius 1 is 1.12 bits per heavy atom. The Balaban J connectivity index is 5.58. The Hall–Kier alpha value is -0.260. The summed E-state index contributed by atoms with van der Waals surface area (Å²) in [6.45, 7) is 6.21. The monoisotopic (exact) mass is 478 g/mol. The van der Waals surface area contributed by atoms with Crippen LogP contribution in [-0.2, 0) is 9.53 Å². The molecule has 0 aliphatic heterocycles. The molecule has 0 radical (unpaired) electrons. The fraction of sp³-hybridized carbons (Fsp3) is 0.929. The van der Waals surface area contributed by atoms with Gasteiger partial charge in [-0.2, -0.15) is 26.3 Å². The first-order valence-electron chi connectivity index (χ1n) is 7.23. The van der Waals surface area contributed by atoms with Gasteiger partial charge in [0.2, 0.25) is 0 Å². The Morgan fingerprint density at radius 3 is 1.83 bits per heavy atom. The van der Waals surface area contributed by atoms with Crippen LogP contribution < -0.4 is 0 Å². The van der Waals surface area contributed by atoms with E-state index in [0.29, 0.717) is 0 Å². The molecule has 0 saturated carbocycles. The lowest BCUT2D eigenvalue weighted by atomic mass is 9.90. The van der Waals surface area contributed by atoms with Crippen molar-refractivity contribution in [3.05, 3.63) is 0 Å². The van der Waals surface area contributed by atoms with Crippen LogP contribution in [0.2, 0.25) is 0 Å². The molecule has 0 amide bonds. The van der Waals surface area contributed by atoms with Crippen LogP contribution in [0.25, 0.3) is 0 Å². The van der Waals surface area contributed by atoms with Crippen LogP contribution >= 0.6 is 22.6 Å². The van der Waals surface area contributed by atoms with Crippen molar-refractivity contribution in [3.8, 4) is 0 Å². The minimum atomic E-state index is -5.94. The summed E-state index contributed by atoms with van der Waals surface area (Å²) in [6, 6.07) is 0. The quantitative estimate of drug-likeness (QED) is 0.248. The number of esters is 1. The second-order valence-electron chi connectivity index (χ2n) is 6.27. The summed E-state index contributed by atoms with van der Waals surface area (Å²) < 4.78 is 80.8. The molecule has 0 spiro atoms. The van der Waals surface area contributed by atoms with Crippen LogP contribution in [0.1, 0.15) is 47.0 Å². The van der Waals surface area contributed by atoms with Gasteiger partial charge in [-0.3, -0.25) is 4.79 Å². The highest BCUT2D eigenvalue weighted by atomic mass is 127. The maximum Gasteiger partial charge on any atom is 0.426 e. The number of carbonyl (C=O) groups excluding carboxylic acids is 1. The summed E-state index contributed by atoms with van der Waals surface area (Å²) in [4.78, 5) is 12.0. The molecule has 24 heavy (non-hydrogen) atoms. The van der Waals surface area contributed by atoms with E-state index in [9.17, 15) is 36.2 Å². The van der Waals surface area contributed by atoms with Gasteiger partial charge in [-0.1, -0.05) is 43.4 Å². The molecule has 2 atom stereocenters. The van der Waals surface area contributed by atoms with Crippen LogP contribution in [0, 0.1) is 5.92 Å². The van der Waals surface area contributed by atoms with E-state index in [-0.39, 0.29) is 18.8 Å². The SMILES string of the molecule is CCC(C)(I)C(=O)OC(CC(C)C)CC(O)(C(F)(F)F)C(F)(F)F. The van der Waals surface area contributed by atoms with E-state index in [4.69, 9.17) is 4.74 Å². The first-order valence-corrected chi connectivity index (χ1v) is 8.31. The maximum atomic E-state index is 12.8. The van der Waals surface area contributed by atoms with E-state index in [1.54, 1.807) is 43.4 Å². The number of alkyl halides is 7. The molecule has 144 valence electrons. The molecule has 0 saturated heterocycles. The minimum Gasteiger partial charge on any atom is -0.461 e. The Kier molecular flexibility index (Phi) is 7.88. The predicted octanol–water partition coefficient (Wildman–Crippen LogP) is 4.79. The molecule has 0 aromatic heterocycles. The van der Waals surface area contributed by atoms with Crippen molar-refractivity contribution in [2.45, 2.75) is 74.4 Å². The lowest BCUT2D eigenvalue weighted by molar-refractivity contribution is -0.374. The molecular weight excluding hydrogens is 457 g/mol. The van der Waals surface area contributed by atoms with Gasteiger partial charge in [0.05, 0.1) is 0 Å². The molecule has 0 fully saturated rings. The van der Waals surface area contributed by atoms with E-state index < -0.39 is 39.9 Å². The number of rotatable bonds is 7. The number of aliphatic hydroxyl groups is 1. The summed E-state index contributed by atoms with van der Waals surface area (Å²) in [6.07, 6.45) is -15.3. The fourth-order valence-corrected chi connectivity index (χ4v) is 1.97. The van der Waals surface area contributed by atoms with Crippen LogP contribution in [0.15, 0.2) is 0 Å². The van der Waals surface area contributed by atoms with Crippen molar-refractivity contribution in [2.75, 3.05) is 0 Å². The van der Waals surface area contributed by atoms with E-state index in [0.717, 1.165) is 0 Å². The number of ether oxygens (including phenoxy) is 1. The number of carbonyl (C=O) groups is 1. The highest BCUT2D eigenvalue weighted by Crippen LogP contribution is 2.46. The van der Waals surface area contributed by atoms with E-state index in [1.165, 1.54) is 6.92 Å². The topological polar surface area (TPSA) is 46.5 Å². The third-order valence-corrected chi connectivity index (χ3v) is 4.76. The lowest BCUT2D eigenvalue weighted by Gasteiger charge is -2.36. The number of hydrogen-bond donors (Lipinski definition) is 1. The van der Waals surface area contributed by atoms with Crippen molar-refractivity contribution in [1.29, 1.82) is 0 Å². The first-order chi connectivity index (χ1) is 10.5. The zero-order valence-electron chi connectivity index (χ0n) is 13.7. The Morgan fingerprint density at radius 2 is 1.54 bits per heavy atom. The van der Waals surface area contributed by atoms with Gasteiger partial charge in [0.15, 0.2) is 0 Å². The second-order valence-corrected chi connectivity index (χ2v) is 8.65. The Bertz CT molecular complexity index is 417. The summed E-state index contributed by atoms with van der Waals surface area (Å²) in [5.41, 5.74) is -4.94. The summed E-state index contributed by atoms with van der Waals surface area (Å²) in [5, 5.41) is 9.30. The standard InChI is InChI=1S/C14H21F6IO3/c1-5-11(4,21)10(22)24-9(6-8(2)3)7-12(23,13(15,16)17)14(18,19)20/h8-9,23H,5-7H2,1-4H3. The molecule has 0 bridgehead atoms. The fourth-order valence-electron chi connectivity index (χ4n) is 1.84. The number of halogens is 7. The van der Waals surface area contributed by atoms with Gasteiger partial charge in [0.25, 0.3) is 5.60 Å². The Labute approximate surface area is 150 Å². The molecule has 2 unspecified atom stereocenters. The molecular formula is C14H21F6IO3. The molecule has 1 N–H and O–H groups in total. The van der Waals surface area contributed by atoms with Gasteiger partial charge in [0, 0.05) is 6.42 Å². The normalized spacial score (nSPS) is 17.5. The third kappa shape index (κ3) is 5.92. The van der Waals surface area contributed by atoms with E-state index in [1.807, 2.05) is 0 Å². The maximum absolute atomic E-state index is 12.8. The van der Waals surface area contributed by atoms with Gasteiger partial charge in [-0.15, -0.1) is 0 Å². The van der Waals surface area contributed by atoms with Gasteiger partial charge in [-0.25, -0.2) is 0 Å². The lowest BCUT2D eigenvalue weighted by Crippen LogP contribution is -2.59.